The van der Waals surface area contributed by atoms with Gasteiger partial charge in [0.2, 0.25) is 11.8 Å². The number of likely N-dealkylation sites (N-methyl/N-ethyl adjacent to an activating group) is 1. The van der Waals surface area contributed by atoms with Crippen molar-refractivity contribution in [3.8, 4) is 5.69 Å². The molecule has 0 atom stereocenters. The molecule has 0 bridgehead atoms. The maximum atomic E-state index is 13.1. The third-order valence-corrected chi connectivity index (χ3v) is 3.45. The Labute approximate surface area is 152 Å². The second-order valence-corrected chi connectivity index (χ2v) is 6.50. The molecule has 1 heterocycles. The van der Waals surface area contributed by atoms with Crippen LogP contribution in [0.25, 0.3) is 5.69 Å². The van der Waals surface area contributed by atoms with Crippen LogP contribution in [0.1, 0.15) is 19.5 Å². The number of nitrogens with one attached hydrogen (secondary N) is 2. The summed E-state index contributed by atoms with van der Waals surface area (Å²) < 4.78 is 14.6. The third kappa shape index (κ3) is 5.66. The van der Waals surface area contributed by atoms with E-state index in [1.54, 1.807) is 37.1 Å². The van der Waals surface area contributed by atoms with Crippen LogP contribution in [0.15, 0.2) is 30.3 Å². The molecule has 0 aliphatic heterocycles. The normalized spacial score (nSPS) is 11.0. The zero-order valence-corrected chi connectivity index (χ0v) is 15.4. The van der Waals surface area contributed by atoms with Crippen LogP contribution < -0.4 is 10.6 Å². The van der Waals surface area contributed by atoms with E-state index in [1.807, 2.05) is 13.8 Å². The van der Waals surface area contributed by atoms with Crippen molar-refractivity contribution in [2.24, 2.45) is 0 Å². The molecule has 0 aliphatic carbocycles. The summed E-state index contributed by atoms with van der Waals surface area (Å²) in [7, 11) is 1.70. The van der Waals surface area contributed by atoms with Crippen LogP contribution in [-0.2, 0) is 9.59 Å². The molecule has 2 amide bonds. The van der Waals surface area contributed by atoms with Gasteiger partial charge in [0.25, 0.3) is 0 Å². The summed E-state index contributed by atoms with van der Waals surface area (Å²) in [6.45, 7) is 5.74. The number of benzene rings is 1. The van der Waals surface area contributed by atoms with Crippen molar-refractivity contribution in [1.29, 1.82) is 0 Å². The number of anilines is 1. The van der Waals surface area contributed by atoms with E-state index in [1.165, 1.54) is 16.8 Å². The lowest BCUT2D eigenvalue weighted by Crippen LogP contribution is -2.41. The molecule has 2 rings (SSSR count). The quantitative estimate of drug-likeness (QED) is 0.787. The molecule has 0 unspecified atom stereocenters. The van der Waals surface area contributed by atoms with Gasteiger partial charge in [-0.05, 0) is 52.1 Å². The van der Waals surface area contributed by atoms with Gasteiger partial charge in [0.1, 0.15) is 11.6 Å². The molecule has 8 heteroatoms. The third-order valence-electron chi connectivity index (χ3n) is 3.45. The van der Waals surface area contributed by atoms with E-state index in [0.29, 0.717) is 17.2 Å². The molecule has 0 spiro atoms. The molecule has 0 saturated heterocycles. The number of aromatic nitrogens is 2. The summed E-state index contributed by atoms with van der Waals surface area (Å²) in [6, 6.07) is 7.61. The topological polar surface area (TPSA) is 79.3 Å². The molecular weight excluding hydrogens is 337 g/mol. The van der Waals surface area contributed by atoms with E-state index >= 15 is 0 Å². The summed E-state index contributed by atoms with van der Waals surface area (Å²) in [4.78, 5) is 25.7. The minimum atomic E-state index is -0.343. The molecule has 2 N–H and O–H groups in total. The Hall–Kier alpha value is -2.74. The smallest absolute Gasteiger partial charge is 0.239 e. The second kappa shape index (κ2) is 8.57. The van der Waals surface area contributed by atoms with Gasteiger partial charge < -0.3 is 10.6 Å². The highest BCUT2D eigenvalue weighted by Gasteiger charge is 2.14. The molecule has 7 nitrogen and oxygen atoms in total. The highest BCUT2D eigenvalue weighted by atomic mass is 19.1. The fourth-order valence-corrected chi connectivity index (χ4v) is 2.46. The number of halogens is 1. The maximum Gasteiger partial charge on any atom is 0.239 e. The Morgan fingerprint density at radius 1 is 1.19 bits per heavy atom. The minimum absolute atomic E-state index is 0.0535. The Bertz CT molecular complexity index is 770. The van der Waals surface area contributed by atoms with Gasteiger partial charge in [-0.25, -0.2) is 9.07 Å². The van der Waals surface area contributed by atoms with E-state index in [9.17, 15) is 14.0 Å². The van der Waals surface area contributed by atoms with Crippen LogP contribution in [0.5, 0.6) is 0 Å². The van der Waals surface area contributed by atoms with Crippen molar-refractivity contribution in [2.45, 2.75) is 26.8 Å². The monoisotopic (exact) mass is 361 g/mol. The summed E-state index contributed by atoms with van der Waals surface area (Å²) in [5, 5.41) is 9.89. The number of nitrogens with zero attached hydrogens (tertiary/aromatic N) is 3. The largest absolute Gasteiger partial charge is 0.353 e. The summed E-state index contributed by atoms with van der Waals surface area (Å²) in [5.41, 5.74) is 1.36. The average molecular weight is 361 g/mol. The van der Waals surface area contributed by atoms with Crippen molar-refractivity contribution in [3.05, 3.63) is 41.8 Å². The Balaban J connectivity index is 2.01. The van der Waals surface area contributed by atoms with Crippen LogP contribution in [-0.4, -0.2) is 52.7 Å². The number of amides is 2. The average Bonchev–Trinajstić information content (AvgIpc) is 2.87. The van der Waals surface area contributed by atoms with E-state index in [0.717, 1.165) is 0 Å². The van der Waals surface area contributed by atoms with Gasteiger partial charge in [0, 0.05) is 12.1 Å². The van der Waals surface area contributed by atoms with Gasteiger partial charge in [-0.3, -0.25) is 14.5 Å². The lowest BCUT2D eigenvalue weighted by atomic mass is 10.3. The highest BCUT2D eigenvalue weighted by Crippen LogP contribution is 2.17. The molecule has 0 aliphatic rings. The first kappa shape index (κ1) is 19.6. The minimum Gasteiger partial charge on any atom is -0.353 e. The first-order chi connectivity index (χ1) is 12.2. The van der Waals surface area contributed by atoms with Crippen LogP contribution >= 0.6 is 0 Å². The van der Waals surface area contributed by atoms with E-state index < -0.39 is 0 Å². The fraction of sp³-hybridized carbons (Fsp3) is 0.389. The lowest BCUT2D eigenvalue weighted by Gasteiger charge is -2.17. The van der Waals surface area contributed by atoms with Gasteiger partial charge in [-0.15, -0.1) is 0 Å². The number of rotatable bonds is 7. The van der Waals surface area contributed by atoms with Gasteiger partial charge >= 0.3 is 0 Å². The van der Waals surface area contributed by atoms with E-state index in [2.05, 4.69) is 15.7 Å². The van der Waals surface area contributed by atoms with Gasteiger partial charge in [-0.1, -0.05) is 0 Å². The molecule has 2 aromatic rings. The molecule has 0 saturated carbocycles. The molecule has 1 aromatic carbocycles. The zero-order valence-electron chi connectivity index (χ0n) is 15.4. The summed E-state index contributed by atoms with van der Waals surface area (Å²) in [6.07, 6.45) is 0. The fourth-order valence-electron chi connectivity index (χ4n) is 2.46. The molecule has 26 heavy (non-hydrogen) atoms. The van der Waals surface area contributed by atoms with Gasteiger partial charge in [-0.2, -0.15) is 5.10 Å². The van der Waals surface area contributed by atoms with Crippen LogP contribution in [0, 0.1) is 12.7 Å². The van der Waals surface area contributed by atoms with E-state index in [4.69, 9.17) is 0 Å². The van der Waals surface area contributed by atoms with Crippen molar-refractivity contribution in [1.82, 2.24) is 20.0 Å². The number of carbonyl (C=O) groups excluding carboxylic acids is 2. The molecule has 0 fully saturated rings. The Morgan fingerprint density at radius 2 is 1.81 bits per heavy atom. The molecular formula is C18H24FN5O2. The summed E-state index contributed by atoms with van der Waals surface area (Å²) in [5.74, 6) is -0.265. The highest BCUT2D eigenvalue weighted by molar-refractivity contribution is 5.92. The zero-order chi connectivity index (χ0) is 19.3. The number of hydrogen-bond acceptors (Lipinski definition) is 4. The van der Waals surface area contributed by atoms with Crippen LogP contribution in [0.3, 0.4) is 0 Å². The van der Waals surface area contributed by atoms with Crippen LogP contribution in [0.4, 0.5) is 10.2 Å². The number of hydrogen-bond donors (Lipinski definition) is 2. The predicted octanol–water partition coefficient (Wildman–Crippen LogP) is 1.71. The molecule has 140 valence electrons. The van der Waals surface area contributed by atoms with E-state index in [-0.39, 0.29) is 36.8 Å². The van der Waals surface area contributed by atoms with Crippen LogP contribution in [0.2, 0.25) is 0 Å². The SMILES string of the molecule is Cc1cc(NC(=O)CN(C)CC(=O)NC(C)C)n(-c2ccc(F)cc2)n1. The van der Waals surface area contributed by atoms with Crippen molar-refractivity contribution in [3.63, 3.8) is 0 Å². The maximum absolute atomic E-state index is 13.1. The molecule has 0 radical (unpaired) electrons. The second-order valence-electron chi connectivity index (χ2n) is 6.50. The van der Waals surface area contributed by atoms with Gasteiger partial charge in [0.05, 0.1) is 24.5 Å². The Kier molecular flexibility index (Phi) is 6.46. The standard InChI is InChI=1S/C18H24FN5O2/c1-12(2)20-17(25)10-23(4)11-18(26)21-16-9-13(3)22-24(16)15-7-5-14(19)6-8-15/h5-9,12H,10-11H2,1-4H3,(H,20,25)(H,21,26). The van der Waals surface area contributed by atoms with Crippen molar-refractivity contribution >= 4 is 17.6 Å². The Morgan fingerprint density at radius 3 is 2.42 bits per heavy atom. The first-order valence-electron chi connectivity index (χ1n) is 8.35. The summed E-state index contributed by atoms with van der Waals surface area (Å²) >= 11 is 0. The number of aryl methyl sites for hydroxylation is 1. The van der Waals surface area contributed by atoms with Crippen molar-refractivity contribution in [2.75, 3.05) is 25.5 Å². The molecule has 1 aromatic heterocycles. The van der Waals surface area contributed by atoms with Crippen molar-refractivity contribution < 1.29 is 14.0 Å². The first-order valence-corrected chi connectivity index (χ1v) is 8.35. The van der Waals surface area contributed by atoms with Gasteiger partial charge in [0.15, 0.2) is 0 Å². The predicted molar refractivity (Wildman–Crippen MR) is 97.7 cm³/mol. The number of carbonyl (C=O) groups is 2. The lowest BCUT2D eigenvalue weighted by molar-refractivity contribution is -0.123.